The summed E-state index contributed by atoms with van der Waals surface area (Å²) in [6.07, 6.45) is 3.67. The lowest BCUT2D eigenvalue weighted by atomic mass is 10.0. The Bertz CT molecular complexity index is 537. The molecule has 0 radical (unpaired) electrons. The summed E-state index contributed by atoms with van der Waals surface area (Å²) in [5, 5.41) is 0. The van der Waals surface area contributed by atoms with Gasteiger partial charge in [-0.1, -0.05) is 13.0 Å². The van der Waals surface area contributed by atoms with Crippen LogP contribution in [0, 0.1) is 5.82 Å². The molecule has 17 heavy (non-hydrogen) atoms. The summed E-state index contributed by atoms with van der Waals surface area (Å²) in [4.78, 5) is 15.5. The van der Waals surface area contributed by atoms with Gasteiger partial charge in [0.15, 0.2) is 5.78 Å². The van der Waals surface area contributed by atoms with E-state index in [0.717, 1.165) is 5.56 Å². The number of ketones is 1. The Morgan fingerprint density at radius 3 is 2.76 bits per heavy atom. The third-order valence-electron chi connectivity index (χ3n) is 2.54. The van der Waals surface area contributed by atoms with E-state index in [2.05, 4.69) is 4.98 Å². The lowest BCUT2D eigenvalue weighted by molar-refractivity contribution is 0.0988. The molecule has 0 bridgehead atoms. The maximum Gasteiger partial charge on any atom is 0.162 e. The number of Topliss-reactive ketones (excluding diaryl/α,β-unsaturated/α-hetero) is 1. The van der Waals surface area contributed by atoms with Crippen LogP contribution in [0.15, 0.2) is 42.7 Å². The molecule has 1 heterocycles. The molecule has 0 saturated carbocycles. The highest BCUT2D eigenvalue weighted by atomic mass is 19.1. The van der Waals surface area contributed by atoms with E-state index in [1.54, 1.807) is 31.5 Å². The largest absolute Gasteiger partial charge is 0.294 e. The fourth-order valence-corrected chi connectivity index (χ4v) is 1.65. The maximum atomic E-state index is 13.4. The van der Waals surface area contributed by atoms with E-state index >= 15 is 0 Å². The fraction of sp³-hybridized carbons (Fsp3) is 0.143. The molecule has 3 heteroatoms. The Kier molecular flexibility index (Phi) is 3.28. The Morgan fingerprint density at radius 1 is 1.29 bits per heavy atom. The second-order valence-corrected chi connectivity index (χ2v) is 3.75. The Morgan fingerprint density at radius 2 is 2.12 bits per heavy atom. The highest BCUT2D eigenvalue weighted by Crippen LogP contribution is 2.21. The van der Waals surface area contributed by atoms with Gasteiger partial charge in [0, 0.05) is 29.9 Å². The van der Waals surface area contributed by atoms with Crippen LogP contribution in [0.25, 0.3) is 11.1 Å². The number of benzene rings is 1. The van der Waals surface area contributed by atoms with Crippen LogP contribution in [-0.2, 0) is 0 Å². The topological polar surface area (TPSA) is 30.0 Å². The number of halogens is 1. The van der Waals surface area contributed by atoms with Crippen molar-refractivity contribution in [2.24, 2.45) is 0 Å². The lowest BCUT2D eigenvalue weighted by Gasteiger charge is -2.04. The molecule has 0 aliphatic rings. The molecule has 0 fully saturated rings. The molecule has 1 aromatic carbocycles. The van der Waals surface area contributed by atoms with Crippen molar-refractivity contribution >= 4 is 5.78 Å². The Hall–Kier alpha value is -2.03. The number of carbonyl (C=O) groups excluding carboxylic acids is 1. The molecule has 0 amide bonds. The summed E-state index contributed by atoms with van der Waals surface area (Å²) in [7, 11) is 0. The van der Waals surface area contributed by atoms with Gasteiger partial charge in [-0.25, -0.2) is 4.39 Å². The van der Waals surface area contributed by atoms with Crippen LogP contribution in [0.3, 0.4) is 0 Å². The SMILES string of the molecule is CCC(=O)c1cc(F)cc(-c2cccnc2)c1. The smallest absolute Gasteiger partial charge is 0.162 e. The van der Waals surface area contributed by atoms with E-state index in [9.17, 15) is 9.18 Å². The molecule has 0 saturated heterocycles. The van der Waals surface area contributed by atoms with Gasteiger partial charge in [-0.2, -0.15) is 0 Å². The number of hydrogen-bond donors (Lipinski definition) is 0. The monoisotopic (exact) mass is 229 g/mol. The molecule has 86 valence electrons. The number of rotatable bonds is 3. The minimum Gasteiger partial charge on any atom is -0.294 e. The number of aromatic nitrogens is 1. The molecular formula is C14H12FNO. The molecule has 2 rings (SSSR count). The van der Waals surface area contributed by atoms with Gasteiger partial charge in [-0.15, -0.1) is 0 Å². The summed E-state index contributed by atoms with van der Waals surface area (Å²) in [5.74, 6) is -0.460. The number of hydrogen-bond acceptors (Lipinski definition) is 2. The summed E-state index contributed by atoms with van der Waals surface area (Å²) < 4.78 is 13.4. The first-order chi connectivity index (χ1) is 8.20. The van der Waals surface area contributed by atoms with Gasteiger partial charge in [-0.3, -0.25) is 9.78 Å². The number of nitrogens with zero attached hydrogens (tertiary/aromatic N) is 1. The zero-order valence-electron chi connectivity index (χ0n) is 9.48. The van der Waals surface area contributed by atoms with Gasteiger partial charge in [0.05, 0.1) is 0 Å². The van der Waals surface area contributed by atoms with Gasteiger partial charge in [0.1, 0.15) is 5.82 Å². The zero-order valence-corrected chi connectivity index (χ0v) is 9.48. The van der Waals surface area contributed by atoms with Crippen LogP contribution < -0.4 is 0 Å². The highest BCUT2D eigenvalue weighted by Gasteiger charge is 2.08. The van der Waals surface area contributed by atoms with Crippen LogP contribution in [0.2, 0.25) is 0 Å². The fourth-order valence-electron chi connectivity index (χ4n) is 1.65. The first-order valence-corrected chi connectivity index (χ1v) is 5.45. The van der Waals surface area contributed by atoms with Gasteiger partial charge in [0.2, 0.25) is 0 Å². The molecule has 0 spiro atoms. The first kappa shape index (κ1) is 11.5. The predicted molar refractivity (Wildman–Crippen MR) is 64.3 cm³/mol. The van der Waals surface area contributed by atoms with Crippen LogP contribution in [0.5, 0.6) is 0 Å². The molecule has 0 unspecified atom stereocenters. The highest BCUT2D eigenvalue weighted by molar-refractivity contribution is 5.97. The average Bonchev–Trinajstić information content (AvgIpc) is 2.38. The second-order valence-electron chi connectivity index (χ2n) is 3.75. The van der Waals surface area contributed by atoms with Crippen molar-refractivity contribution in [3.05, 3.63) is 54.1 Å². The summed E-state index contributed by atoms with van der Waals surface area (Å²) in [6.45, 7) is 1.76. The molecule has 2 aromatic rings. The number of carbonyl (C=O) groups is 1. The van der Waals surface area contributed by atoms with Gasteiger partial charge >= 0.3 is 0 Å². The van der Waals surface area contributed by atoms with E-state index in [1.807, 2.05) is 6.07 Å². The standard InChI is InChI=1S/C14H12FNO/c1-2-14(17)12-6-11(7-13(15)8-12)10-4-3-5-16-9-10/h3-9H,2H2,1H3. The summed E-state index contributed by atoms with van der Waals surface area (Å²) in [5.41, 5.74) is 1.89. The maximum absolute atomic E-state index is 13.4. The van der Waals surface area contributed by atoms with E-state index in [4.69, 9.17) is 0 Å². The van der Waals surface area contributed by atoms with Crippen molar-refractivity contribution < 1.29 is 9.18 Å². The predicted octanol–water partition coefficient (Wildman–Crippen LogP) is 3.48. The average molecular weight is 229 g/mol. The third-order valence-corrected chi connectivity index (χ3v) is 2.54. The van der Waals surface area contributed by atoms with Crippen molar-refractivity contribution in [1.29, 1.82) is 0 Å². The summed E-state index contributed by atoms with van der Waals surface area (Å²) >= 11 is 0. The zero-order chi connectivity index (χ0) is 12.3. The molecule has 2 nitrogen and oxygen atoms in total. The van der Waals surface area contributed by atoms with E-state index in [-0.39, 0.29) is 5.78 Å². The van der Waals surface area contributed by atoms with Crippen molar-refractivity contribution in [2.75, 3.05) is 0 Å². The van der Waals surface area contributed by atoms with Crippen molar-refractivity contribution in [3.8, 4) is 11.1 Å². The Balaban J connectivity index is 2.49. The summed E-state index contributed by atoms with van der Waals surface area (Å²) in [6, 6.07) is 7.99. The van der Waals surface area contributed by atoms with Crippen LogP contribution in [0.1, 0.15) is 23.7 Å². The molecule has 0 N–H and O–H groups in total. The molecule has 1 aromatic heterocycles. The normalized spacial score (nSPS) is 10.2. The molecule has 0 aliphatic carbocycles. The lowest BCUT2D eigenvalue weighted by Crippen LogP contribution is -1.98. The van der Waals surface area contributed by atoms with Crippen molar-refractivity contribution in [1.82, 2.24) is 4.98 Å². The number of pyridine rings is 1. The quantitative estimate of drug-likeness (QED) is 0.754. The Labute approximate surface area is 99.1 Å². The van der Waals surface area contributed by atoms with Crippen LogP contribution in [-0.4, -0.2) is 10.8 Å². The minimum absolute atomic E-state index is 0.0605. The van der Waals surface area contributed by atoms with E-state index < -0.39 is 5.82 Å². The van der Waals surface area contributed by atoms with Crippen LogP contribution in [0.4, 0.5) is 4.39 Å². The minimum atomic E-state index is -0.400. The van der Waals surface area contributed by atoms with Crippen molar-refractivity contribution in [3.63, 3.8) is 0 Å². The first-order valence-electron chi connectivity index (χ1n) is 5.45. The van der Waals surface area contributed by atoms with E-state index in [0.29, 0.717) is 17.5 Å². The van der Waals surface area contributed by atoms with Gasteiger partial charge < -0.3 is 0 Å². The van der Waals surface area contributed by atoms with Gasteiger partial charge in [0.25, 0.3) is 0 Å². The molecular weight excluding hydrogens is 217 g/mol. The second kappa shape index (κ2) is 4.87. The third kappa shape index (κ3) is 2.56. The molecule has 0 atom stereocenters. The van der Waals surface area contributed by atoms with Crippen molar-refractivity contribution in [2.45, 2.75) is 13.3 Å². The van der Waals surface area contributed by atoms with Gasteiger partial charge in [-0.05, 0) is 29.8 Å². The van der Waals surface area contributed by atoms with E-state index in [1.165, 1.54) is 12.1 Å². The molecule has 0 aliphatic heterocycles. The van der Waals surface area contributed by atoms with Crippen LogP contribution >= 0.6 is 0 Å².